The van der Waals surface area contributed by atoms with Crippen molar-refractivity contribution in [2.75, 3.05) is 5.32 Å². The highest BCUT2D eigenvalue weighted by molar-refractivity contribution is 9.10. The molecular formula is C22H22BrN3O2. The molecule has 0 radical (unpaired) electrons. The van der Waals surface area contributed by atoms with Gasteiger partial charge in [-0.15, -0.1) is 0 Å². The Hall–Kier alpha value is -2.73. The van der Waals surface area contributed by atoms with Gasteiger partial charge in [-0.05, 0) is 50.1 Å². The van der Waals surface area contributed by atoms with Gasteiger partial charge in [0.05, 0.1) is 5.69 Å². The molecule has 2 aromatic carbocycles. The van der Waals surface area contributed by atoms with Gasteiger partial charge in [-0.3, -0.25) is 9.59 Å². The zero-order valence-electron chi connectivity index (χ0n) is 15.9. The van der Waals surface area contributed by atoms with E-state index in [0.29, 0.717) is 19.4 Å². The minimum Gasteiger partial charge on any atom is -0.326 e. The second-order valence-corrected chi connectivity index (χ2v) is 7.67. The number of carbonyl (C=O) groups is 1. The molecule has 0 aliphatic rings. The molecule has 1 aromatic heterocycles. The zero-order valence-corrected chi connectivity index (χ0v) is 17.5. The Balaban J connectivity index is 1.61. The van der Waals surface area contributed by atoms with Crippen LogP contribution in [0.4, 0.5) is 5.69 Å². The minimum atomic E-state index is -0.171. The predicted octanol–water partition coefficient (Wildman–Crippen LogP) is 4.71. The number of hydrogen-bond acceptors (Lipinski definition) is 3. The summed E-state index contributed by atoms with van der Waals surface area (Å²) in [6.07, 6.45) is 0.859. The fraction of sp³-hybridized carbons (Fsp3) is 0.227. The van der Waals surface area contributed by atoms with E-state index in [1.54, 1.807) is 6.07 Å². The molecule has 0 atom stereocenters. The maximum Gasteiger partial charge on any atom is 0.266 e. The maximum atomic E-state index is 12.2. The van der Waals surface area contributed by atoms with E-state index in [4.69, 9.17) is 0 Å². The van der Waals surface area contributed by atoms with Crippen LogP contribution < -0.4 is 10.9 Å². The topological polar surface area (TPSA) is 64.0 Å². The van der Waals surface area contributed by atoms with E-state index in [-0.39, 0.29) is 11.5 Å². The van der Waals surface area contributed by atoms with Gasteiger partial charge < -0.3 is 5.32 Å². The Morgan fingerprint density at radius 2 is 1.82 bits per heavy atom. The molecule has 0 unspecified atom stereocenters. The SMILES string of the molecule is Cc1ccc(NC(=O)CCCn2nc(-c3ccc(Br)cc3)ccc2=O)c(C)c1. The largest absolute Gasteiger partial charge is 0.326 e. The van der Waals surface area contributed by atoms with Crippen molar-refractivity contribution in [3.8, 4) is 11.3 Å². The normalized spacial score (nSPS) is 10.7. The van der Waals surface area contributed by atoms with Crippen molar-refractivity contribution in [3.63, 3.8) is 0 Å². The monoisotopic (exact) mass is 439 g/mol. The van der Waals surface area contributed by atoms with Crippen LogP contribution in [0.15, 0.2) is 63.9 Å². The van der Waals surface area contributed by atoms with Gasteiger partial charge >= 0.3 is 0 Å². The third-order valence-corrected chi connectivity index (χ3v) is 4.97. The average molecular weight is 440 g/mol. The van der Waals surface area contributed by atoms with E-state index in [0.717, 1.165) is 32.5 Å². The Kier molecular flexibility index (Phi) is 6.41. The predicted molar refractivity (Wildman–Crippen MR) is 115 cm³/mol. The van der Waals surface area contributed by atoms with Crippen molar-refractivity contribution in [3.05, 3.63) is 80.6 Å². The van der Waals surface area contributed by atoms with E-state index in [9.17, 15) is 9.59 Å². The number of aryl methyl sites for hydroxylation is 3. The molecule has 0 saturated carbocycles. The van der Waals surface area contributed by atoms with Gasteiger partial charge in [0, 0.05) is 34.8 Å². The summed E-state index contributed by atoms with van der Waals surface area (Å²) in [6.45, 7) is 4.38. The number of amides is 1. The van der Waals surface area contributed by atoms with Crippen molar-refractivity contribution in [2.24, 2.45) is 0 Å². The first-order chi connectivity index (χ1) is 13.4. The average Bonchev–Trinajstić information content (AvgIpc) is 2.66. The fourth-order valence-electron chi connectivity index (χ4n) is 2.94. The standard InChI is InChI=1S/C22H22BrN3O2/c1-15-5-10-19(16(2)14-15)24-21(27)4-3-13-26-22(28)12-11-20(25-26)17-6-8-18(23)9-7-17/h5-12,14H,3-4,13H2,1-2H3,(H,24,27). The summed E-state index contributed by atoms with van der Waals surface area (Å²) in [4.78, 5) is 24.3. The van der Waals surface area contributed by atoms with Crippen LogP contribution in [0.25, 0.3) is 11.3 Å². The number of aromatic nitrogens is 2. The molecule has 0 aliphatic heterocycles. The van der Waals surface area contributed by atoms with E-state index >= 15 is 0 Å². The Morgan fingerprint density at radius 1 is 1.07 bits per heavy atom. The number of benzene rings is 2. The Bertz CT molecular complexity index is 1040. The molecule has 0 fully saturated rings. The van der Waals surface area contributed by atoms with Crippen molar-refractivity contribution < 1.29 is 4.79 Å². The van der Waals surface area contributed by atoms with Crippen LogP contribution in [0.5, 0.6) is 0 Å². The number of halogens is 1. The molecule has 1 heterocycles. The van der Waals surface area contributed by atoms with Crippen LogP contribution >= 0.6 is 15.9 Å². The van der Waals surface area contributed by atoms with Crippen molar-refractivity contribution in [1.82, 2.24) is 9.78 Å². The second kappa shape index (κ2) is 8.97. The summed E-state index contributed by atoms with van der Waals surface area (Å²) in [7, 11) is 0. The molecule has 144 valence electrons. The minimum absolute atomic E-state index is 0.0657. The molecule has 1 amide bonds. The summed E-state index contributed by atoms with van der Waals surface area (Å²) in [5.74, 6) is -0.0657. The highest BCUT2D eigenvalue weighted by Crippen LogP contribution is 2.19. The Morgan fingerprint density at radius 3 is 2.54 bits per heavy atom. The first-order valence-corrected chi connectivity index (χ1v) is 9.93. The summed E-state index contributed by atoms with van der Waals surface area (Å²) in [6, 6.07) is 16.9. The van der Waals surface area contributed by atoms with Crippen molar-refractivity contribution >= 4 is 27.5 Å². The lowest BCUT2D eigenvalue weighted by atomic mass is 10.1. The van der Waals surface area contributed by atoms with Gasteiger partial charge in [-0.2, -0.15) is 5.10 Å². The van der Waals surface area contributed by atoms with Gasteiger partial charge in [-0.25, -0.2) is 4.68 Å². The van der Waals surface area contributed by atoms with Crippen LogP contribution in [0, 0.1) is 13.8 Å². The fourth-order valence-corrected chi connectivity index (χ4v) is 3.20. The maximum absolute atomic E-state index is 12.2. The lowest BCUT2D eigenvalue weighted by molar-refractivity contribution is -0.116. The molecular weight excluding hydrogens is 418 g/mol. The van der Waals surface area contributed by atoms with Crippen LogP contribution in [0.1, 0.15) is 24.0 Å². The number of hydrogen-bond donors (Lipinski definition) is 1. The summed E-state index contributed by atoms with van der Waals surface area (Å²) >= 11 is 3.41. The molecule has 28 heavy (non-hydrogen) atoms. The van der Waals surface area contributed by atoms with E-state index in [1.807, 2.05) is 56.3 Å². The van der Waals surface area contributed by atoms with Gasteiger partial charge in [0.1, 0.15) is 0 Å². The molecule has 1 N–H and O–H groups in total. The summed E-state index contributed by atoms with van der Waals surface area (Å²) < 4.78 is 2.40. The third kappa shape index (κ3) is 5.16. The van der Waals surface area contributed by atoms with Crippen LogP contribution in [-0.4, -0.2) is 15.7 Å². The second-order valence-electron chi connectivity index (χ2n) is 6.76. The number of anilines is 1. The zero-order chi connectivity index (χ0) is 20.1. The Labute approximate surface area is 172 Å². The lowest BCUT2D eigenvalue weighted by Crippen LogP contribution is -2.23. The lowest BCUT2D eigenvalue weighted by Gasteiger charge is -2.10. The van der Waals surface area contributed by atoms with E-state index in [1.165, 1.54) is 10.7 Å². The molecule has 6 heteroatoms. The summed E-state index contributed by atoms with van der Waals surface area (Å²) in [5, 5.41) is 7.36. The van der Waals surface area contributed by atoms with Crippen LogP contribution in [0.2, 0.25) is 0 Å². The molecule has 0 bridgehead atoms. The highest BCUT2D eigenvalue weighted by Gasteiger charge is 2.07. The highest BCUT2D eigenvalue weighted by atomic mass is 79.9. The molecule has 3 rings (SSSR count). The van der Waals surface area contributed by atoms with Gasteiger partial charge in [0.15, 0.2) is 0 Å². The van der Waals surface area contributed by atoms with Crippen molar-refractivity contribution in [2.45, 2.75) is 33.2 Å². The van der Waals surface area contributed by atoms with Crippen LogP contribution in [-0.2, 0) is 11.3 Å². The molecule has 0 aliphatic carbocycles. The number of rotatable bonds is 6. The first kappa shape index (κ1) is 20.0. The van der Waals surface area contributed by atoms with E-state index < -0.39 is 0 Å². The van der Waals surface area contributed by atoms with Gasteiger partial charge in [0.25, 0.3) is 5.56 Å². The van der Waals surface area contributed by atoms with Gasteiger partial charge in [0.2, 0.25) is 5.91 Å². The van der Waals surface area contributed by atoms with E-state index in [2.05, 4.69) is 26.3 Å². The van der Waals surface area contributed by atoms with Gasteiger partial charge in [-0.1, -0.05) is 45.8 Å². The summed E-state index contributed by atoms with van der Waals surface area (Å²) in [5.41, 5.74) is 4.51. The molecule has 3 aromatic rings. The number of nitrogens with zero attached hydrogens (tertiary/aromatic N) is 2. The molecule has 0 spiro atoms. The smallest absolute Gasteiger partial charge is 0.266 e. The van der Waals surface area contributed by atoms with Crippen LogP contribution in [0.3, 0.4) is 0 Å². The molecule has 0 saturated heterocycles. The number of nitrogens with one attached hydrogen (secondary N) is 1. The van der Waals surface area contributed by atoms with Crippen molar-refractivity contribution in [1.29, 1.82) is 0 Å². The first-order valence-electron chi connectivity index (χ1n) is 9.13. The quantitative estimate of drug-likeness (QED) is 0.604. The number of carbonyl (C=O) groups excluding carboxylic acids is 1. The molecule has 5 nitrogen and oxygen atoms in total. The third-order valence-electron chi connectivity index (χ3n) is 4.44.